The molecular weight excluding hydrogens is 213 g/mol. The molecule has 0 unspecified atom stereocenters. The van der Waals surface area contributed by atoms with E-state index in [1.807, 2.05) is 0 Å². The number of rotatable bonds is 5. The molecule has 0 atom stereocenters. The van der Waals surface area contributed by atoms with E-state index < -0.39 is 5.97 Å². The van der Waals surface area contributed by atoms with Gasteiger partial charge in [-0.15, -0.1) is 0 Å². The summed E-state index contributed by atoms with van der Waals surface area (Å²) in [5, 5.41) is 12.0. The molecule has 89 valence electrons. The summed E-state index contributed by atoms with van der Waals surface area (Å²) in [6.45, 7) is 0.858. The number of carbonyl (C=O) groups is 1. The Morgan fingerprint density at radius 1 is 1.12 bits per heavy atom. The standard InChI is InChI=1S/C12H23NO2.Na/c14-12(15)9-6-10-13-11-7-4-2-1-3-5-8-11;/h11,13H,1-10H2,(H,14,15);. The zero-order chi connectivity index (χ0) is 10.9. The van der Waals surface area contributed by atoms with Gasteiger partial charge in [0.1, 0.15) is 0 Å². The van der Waals surface area contributed by atoms with Crippen molar-refractivity contribution in [3.05, 3.63) is 0 Å². The summed E-state index contributed by atoms with van der Waals surface area (Å²) in [7, 11) is 0. The predicted molar refractivity (Wildman–Crippen MR) is 66.7 cm³/mol. The maximum absolute atomic E-state index is 10.3. The van der Waals surface area contributed by atoms with Crippen LogP contribution in [0.1, 0.15) is 57.8 Å². The minimum atomic E-state index is -0.686. The van der Waals surface area contributed by atoms with Crippen LogP contribution in [0.4, 0.5) is 0 Å². The third kappa shape index (κ3) is 8.57. The molecule has 0 amide bonds. The molecule has 16 heavy (non-hydrogen) atoms. The van der Waals surface area contributed by atoms with Gasteiger partial charge in [0.2, 0.25) is 0 Å². The fourth-order valence-corrected chi connectivity index (χ4v) is 2.21. The monoisotopic (exact) mass is 236 g/mol. The molecule has 1 saturated carbocycles. The summed E-state index contributed by atoms with van der Waals surface area (Å²) < 4.78 is 0. The normalized spacial score (nSPS) is 18.2. The first-order valence-electron chi connectivity index (χ1n) is 6.24. The van der Waals surface area contributed by atoms with E-state index in [2.05, 4.69) is 5.32 Å². The minimum Gasteiger partial charge on any atom is -0.481 e. The van der Waals surface area contributed by atoms with Gasteiger partial charge in [-0.2, -0.15) is 0 Å². The number of nitrogens with one attached hydrogen (secondary N) is 1. The van der Waals surface area contributed by atoms with Gasteiger partial charge in [-0.25, -0.2) is 0 Å². The van der Waals surface area contributed by atoms with E-state index in [1.165, 1.54) is 44.9 Å². The SMILES string of the molecule is O=C(O)CCCNC1CCCCCCC1.[Na]. The molecule has 0 aromatic carbocycles. The van der Waals surface area contributed by atoms with Crippen molar-refractivity contribution >= 4 is 35.5 Å². The van der Waals surface area contributed by atoms with Crippen LogP contribution in [0.15, 0.2) is 0 Å². The van der Waals surface area contributed by atoms with E-state index >= 15 is 0 Å². The Morgan fingerprint density at radius 3 is 2.25 bits per heavy atom. The molecule has 4 heteroatoms. The van der Waals surface area contributed by atoms with E-state index in [4.69, 9.17) is 5.11 Å². The van der Waals surface area contributed by atoms with E-state index in [9.17, 15) is 4.79 Å². The van der Waals surface area contributed by atoms with Gasteiger partial charge in [0.25, 0.3) is 0 Å². The van der Waals surface area contributed by atoms with E-state index in [-0.39, 0.29) is 29.6 Å². The number of carboxylic acids is 1. The van der Waals surface area contributed by atoms with Gasteiger partial charge in [-0.05, 0) is 25.8 Å². The van der Waals surface area contributed by atoms with E-state index in [0.29, 0.717) is 12.5 Å². The fourth-order valence-electron chi connectivity index (χ4n) is 2.21. The molecule has 0 spiro atoms. The molecule has 1 fully saturated rings. The fraction of sp³-hybridized carbons (Fsp3) is 0.917. The van der Waals surface area contributed by atoms with Crippen LogP contribution in [-0.4, -0.2) is 53.2 Å². The van der Waals surface area contributed by atoms with E-state index in [1.54, 1.807) is 0 Å². The maximum atomic E-state index is 10.3. The molecule has 1 aliphatic rings. The Bertz CT molecular complexity index is 180. The number of hydrogen-bond acceptors (Lipinski definition) is 2. The largest absolute Gasteiger partial charge is 0.481 e. The average Bonchev–Trinajstić information content (AvgIpc) is 2.14. The molecule has 3 nitrogen and oxygen atoms in total. The number of aliphatic carboxylic acids is 1. The minimum absolute atomic E-state index is 0. The first-order chi connectivity index (χ1) is 7.29. The van der Waals surface area contributed by atoms with Crippen LogP contribution >= 0.6 is 0 Å². The van der Waals surface area contributed by atoms with Gasteiger partial charge in [-0.3, -0.25) is 4.79 Å². The molecule has 2 N–H and O–H groups in total. The third-order valence-corrected chi connectivity index (χ3v) is 3.11. The first-order valence-corrected chi connectivity index (χ1v) is 6.24. The second kappa shape index (κ2) is 10.6. The van der Waals surface area contributed by atoms with Gasteiger partial charge < -0.3 is 10.4 Å². The maximum Gasteiger partial charge on any atom is 0.303 e. The van der Waals surface area contributed by atoms with Crippen LogP contribution in [0.3, 0.4) is 0 Å². The molecule has 0 aromatic heterocycles. The van der Waals surface area contributed by atoms with Crippen molar-refractivity contribution in [2.45, 2.75) is 63.8 Å². The van der Waals surface area contributed by atoms with Crippen LogP contribution in [0, 0.1) is 0 Å². The topological polar surface area (TPSA) is 49.3 Å². The molecular formula is C12H23NNaO2. The Morgan fingerprint density at radius 2 is 1.69 bits per heavy atom. The molecule has 1 aliphatic carbocycles. The third-order valence-electron chi connectivity index (χ3n) is 3.11. The van der Waals surface area contributed by atoms with Gasteiger partial charge >= 0.3 is 5.97 Å². The van der Waals surface area contributed by atoms with Gasteiger partial charge in [0, 0.05) is 42.0 Å². The van der Waals surface area contributed by atoms with Crippen LogP contribution < -0.4 is 5.32 Å². The zero-order valence-electron chi connectivity index (χ0n) is 10.5. The van der Waals surface area contributed by atoms with Crippen molar-refractivity contribution < 1.29 is 9.90 Å². The van der Waals surface area contributed by atoms with Gasteiger partial charge in [0.15, 0.2) is 0 Å². The Balaban J connectivity index is 0.00000225. The molecule has 0 aromatic rings. The predicted octanol–water partition coefficient (Wildman–Crippen LogP) is 2.17. The average molecular weight is 236 g/mol. The molecule has 0 bridgehead atoms. The molecule has 0 heterocycles. The van der Waals surface area contributed by atoms with Crippen LogP contribution in [0.25, 0.3) is 0 Å². The molecule has 1 rings (SSSR count). The van der Waals surface area contributed by atoms with Crippen molar-refractivity contribution in [2.24, 2.45) is 0 Å². The van der Waals surface area contributed by atoms with Crippen molar-refractivity contribution in [1.82, 2.24) is 5.32 Å². The Hall–Kier alpha value is 0.430. The summed E-state index contributed by atoms with van der Waals surface area (Å²) in [5.74, 6) is -0.686. The Labute approximate surface area is 121 Å². The first kappa shape index (κ1) is 16.4. The number of hydrogen-bond donors (Lipinski definition) is 2. The van der Waals surface area contributed by atoms with Crippen molar-refractivity contribution in [1.29, 1.82) is 0 Å². The van der Waals surface area contributed by atoms with Crippen molar-refractivity contribution in [2.75, 3.05) is 6.54 Å². The summed E-state index contributed by atoms with van der Waals surface area (Å²) in [6, 6.07) is 0.638. The smallest absolute Gasteiger partial charge is 0.303 e. The molecule has 0 saturated heterocycles. The zero-order valence-corrected chi connectivity index (χ0v) is 12.5. The van der Waals surface area contributed by atoms with E-state index in [0.717, 1.165) is 13.0 Å². The summed E-state index contributed by atoms with van der Waals surface area (Å²) in [6.07, 6.45) is 10.4. The van der Waals surface area contributed by atoms with Crippen molar-refractivity contribution in [3.8, 4) is 0 Å². The van der Waals surface area contributed by atoms with Crippen molar-refractivity contribution in [3.63, 3.8) is 0 Å². The van der Waals surface area contributed by atoms with Crippen LogP contribution in [0.2, 0.25) is 0 Å². The quantitative estimate of drug-likeness (QED) is 0.568. The summed E-state index contributed by atoms with van der Waals surface area (Å²) in [4.78, 5) is 10.3. The number of carboxylic acid groups (broad SMARTS) is 1. The second-order valence-electron chi connectivity index (χ2n) is 4.49. The van der Waals surface area contributed by atoms with Gasteiger partial charge in [-0.1, -0.05) is 32.1 Å². The summed E-state index contributed by atoms with van der Waals surface area (Å²) >= 11 is 0. The molecule has 0 aliphatic heterocycles. The second-order valence-corrected chi connectivity index (χ2v) is 4.49. The molecule has 1 radical (unpaired) electrons. The van der Waals surface area contributed by atoms with Crippen LogP contribution in [-0.2, 0) is 4.79 Å². The van der Waals surface area contributed by atoms with Crippen LogP contribution in [0.5, 0.6) is 0 Å². The van der Waals surface area contributed by atoms with Gasteiger partial charge in [0.05, 0.1) is 0 Å². The summed E-state index contributed by atoms with van der Waals surface area (Å²) in [5.41, 5.74) is 0. The Kier molecular flexibility index (Phi) is 10.9.